The molecule has 9 heteroatoms. The van der Waals surface area contributed by atoms with E-state index in [1.54, 1.807) is 21.9 Å². The number of carbonyl (C=O) groups excluding carboxylic acids is 2. The molecule has 2 aromatic carbocycles. The van der Waals surface area contributed by atoms with Gasteiger partial charge in [-0.25, -0.2) is 14.0 Å². The van der Waals surface area contributed by atoms with Crippen molar-refractivity contribution in [1.82, 2.24) is 9.80 Å². The minimum absolute atomic E-state index is 0.188. The van der Waals surface area contributed by atoms with Gasteiger partial charge in [0.2, 0.25) is 0 Å². The van der Waals surface area contributed by atoms with Crippen LogP contribution in [0.25, 0.3) is 0 Å². The third kappa shape index (κ3) is 7.50. The highest BCUT2D eigenvalue weighted by Crippen LogP contribution is 2.28. The number of piperidine rings is 1. The first kappa shape index (κ1) is 26.6. The van der Waals surface area contributed by atoms with E-state index in [0.29, 0.717) is 52.1 Å². The maximum absolute atomic E-state index is 14.6. The number of amides is 2. The van der Waals surface area contributed by atoms with Gasteiger partial charge in [0.05, 0.1) is 0 Å². The van der Waals surface area contributed by atoms with Gasteiger partial charge in [0.15, 0.2) is 11.6 Å². The van der Waals surface area contributed by atoms with Gasteiger partial charge in [0, 0.05) is 63.9 Å². The highest BCUT2D eigenvalue weighted by molar-refractivity contribution is 5.69. The average molecular weight is 514 g/mol. The number of rotatable bonds is 5. The molecule has 2 amide bonds. The lowest BCUT2D eigenvalue weighted by Gasteiger charge is -2.37. The Hall–Kier alpha value is -3.49. The summed E-state index contributed by atoms with van der Waals surface area (Å²) in [5, 5.41) is 0. The molecule has 2 aromatic rings. The summed E-state index contributed by atoms with van der Waals surface area (Å²) in [5.41, 5.74) is 1.26. The summed E-state index contributed by atoms with van der Waals surface area (Å²) in [6.07, 6.45) is 0.343. The molecule has 4 rings (SSSR count). The number of hydrogen-bond acceptors (Lipinski definition) is 6. The monoisotopic (exact) mass is 513 g/mol. The van der Waals surface area contributed by atoms with E-state index in [4.69, 9.17) is 14.2 Å². The van der Waals surface area contributed by atoms with Crippen molar-refractivity contribution in [3.63, 3.8) is 0 Å². The smallest absolute Gasteiger partial charge is 0.410 e. The molecular weight excluding hydrogens is 477 g/mol. The third-order valence-electron chi connectivity index (χ3n) is 6.41. The molecule has 2 fully saturated rings. The van der Waals surface area contributed by atoms with Gasteiger partial charge in [0.25, 0.3) is 0 Å². The second-order valence-corrected chi connectivity index (χ2v) is 10.4. The van der Waals surface area contributed by atoms with Gasteiger partial charge in [-0.2, -0.15) is 0 Å². The SMILES string of the molecule is CC(C)(C)OC(=O)N1CCN(c2ccc(F)c(OC3CCN(C(=O)OCc4ccccc4)CC3)c2)CC1. The van der Waals surface area contributed by atoms with Crippen LogP contribution in [0.5, 0.6) is 5.75 Å². The van der Waals surface area contributed by atoms with Crippen LogP contribution in [0.3, 0.4) is 0 Å². The lowest BCUT2D eigenvalue weighted by molar-refractivity contribution is 0.0240. The first-order chi connectivity index (χ1) is 17.7. The van der Waals surface area contributed by atoms with Crippen molar-refractivity contribution in [1.29, 1.82) is 0 Å². The molecule has 0 bridgehead atoms. The molecule has 0 saturated carbocycles. The first-order valence-corrected chi connectivity index (χ1v) is 12.8. The molecule has 0 N–H and O–H groups in total. The molecule has 8 nitrogen and oxygen atoms in total. The molecule has 200 valence electrons. The van der Waals surface area contributed by atoms with Crippen molar-refractivity contribution >= 4 is 17.9 Å². The number of anilines is 1. The summed E-state index contributed by atoms with van der Waals surface area (Å²) < 4.78 is 31.5. The topological polar surface area (TPSA) is 71.6 Å². The minimum Gasteiger partial charge on any atom is -0.487 e. The summed E-state index contributed by atoms with van der Waals surface area (Å²) in [6, 6.07) is 14.4. The molecule has 2 heterocycles. The highest BCUT2D eigenvalue weighted by atomic mass is 19.1. The van der Waals surface area contributed by atoms with Gasteiger partial charge in [-0.1, -0.05) is 30.3 Å². The zero-order valence-corrected chi connectivity index (χ0v) is 21.8. The van der Waals surface area contributed by atoms with Crippen molar-refractivity contribution in [2.24, 2.45) is 0 Å². The van der Waals surface area contributed by atoms with E-state index in [1.165, 1.54) is 6.07 Å². The van der Waals surface area contributed by atoms with Crippen molar-refractivity contribution in [3.05, 3.63) is 59.9 Å². The van der Waals surface area contributed by atoms with Crippen LogP contribution < -0.4 is 9.64 Å². The van der Waals surface area contributed by atoms with Crippen molar-refractivity contribution < 1.29 is 28.2 Å². The summed E-state index contributed by atoms with van der Waals surface area (Å²) in [7, 11) is 0. The molecule has 0 atom stereocenters. The van der Waals surface area contributed by atoms with E-state index in [0.717, 1.165) is 11.3 Å². The van der Waals surface area contributed by atoms with Crippen LogP contribution in [-0.2, 0) is 16.1 Å². The second-order valence-electron chi connectivity index (χ2n) is 10.4. The maximum Gasteiger partial charge on any atom is 0.410 e. The van der Waals surface area contributed by atoms with Crippen LogP contribution in [0.1, 0.15) is 39.2 Å². The second kappa shape index (κ2) is 11.7. The van der Waals surface area contributed by atoms with E-state index in [1.807, 2.05) is 51.1 Å². The number of benzene rings is 2. The van der Waals surface area contributed by atoms with Crippen LogP contribution in [0.4, 0.5) is 19.7 Å². The zero-order chi connectivity index (χ0) is 26.4. The van der Waals surface area contributed by atoms with Gasteiger partial charge in [-0.3, -0.25) is 0 Å². The average Bonchev–Trinajstić information content (AvgIpc) is 2.89. The molecule has 0 unspecified atom stereocenters. The number of ether oxygens (including phenoxy) is 3. The molecule has 2 aliphatic heterocycles. The van der Waals surface area contributed by atoms with E-state index in [-0.39, 0.29) is 30.6 Å². The van der Waals surface area contributed by atoms with Crippen molar-refractivity contribution in [2.45, 2.75) is 51.9 Å². The van der Waals surface area contributed by atoms with E-state index in [2.05, 4.69) is 4.90 Å². The lowest BCUT2D eigenvalue weighted by Crippen LogP contribution is -2.50. The van der Waals surface area contributed by atoms with E-state index >= 15 is 0 Å². The Labute approximate surface area is 217 Å². The Morgan fingerprint density at radius 2 is 1.54 bits per heavy atom. The van der Waals surface area contributed by atoms with E-state index in [9.17, 15) is 14.0 Å². The Morgan fingerprint density at radius 3 is 2.19 bits per heavy atom. The number of piperazine rings is 1. The Kier molecular flexibility index (Phi) is 8.41. The van der Waals surface area contributed by atoms with Crippen LogP contribution >= 0.6 is 0 Å². The van der Waals surface area contributed by atoms with Gasteiger partial charge in [0.1, 0.15) is 18.3 Å². The predicted molar refractivity (Wildman–Crippen MR) is 138 cm³/mol. The predicted octanol–water partition coefficient (Wildman–Crippen LogP) is 5.06. The molecule has 2 aliphatic rings. The highest BCUT2D eigenvalue weighted by Gasteiger charge is 2.28. The number of nitrogens with zero attached hydrogens (tertiary/aromatic N) is 3. The molecular formula is C28H36FN3O5. The van der Waals surface area contributed by atoms with Crippen LogP contribution in [0.2, 0.25) is 0 Å². The fraction of sp³-hybridized carbons (Fsp3) is 0.500. The Morgan fingerprint density at radius 1 is 0.892 bits per heavy atom. The van der Waals surface area contributed by atoms with Gasteiger partial charge in [-0.15, -0.1) is 0 Å². The number of hydrogen-bond donors (Lipinski definition) is 0. The zero-order valence-electron chi connectivity index (χ0n) is 21.8. The Bertz CT molecular complexity index is 1060. The summed E-state index contributed by atoms with van der Waals surface area (Å²) >= 11 is 0. The molecule has 37 heavy (non-hydrogen) atoms. The Balaban J connectivity index is 1.25. The summed E-state index contributed by atoms with van der Waals surface area (Å²) in [4.78, 5) is 30.2. The molecule has 0 spiro atoms. The first-order valence-electron chi connectivity index (χ1n) is 12.8. The fourth-order valence-corrected chi connectivity index (χ4v) is 4.40. The fourth-order valence-electron chi connectivity index (χ4n) is 4.40. The summed E-state index contributed by atoms with van der Waals surface area (Å²) in [6.45, 7) is 9.07. The summed E-state index contributed by atoms with van der Waals surface area (Å²) in [5.74, 6) is -0.210. The largest absolute Gasteiger partial charge is 0.487 e. The third-order valence-corrected chi connectivity index (χ3v) is 6.41. The lowest BCUT2D eigenvalue weighted by atomic mass is 10.1. The van der Waals surface area contributed by atoms with Gasteiger partial charge < -0.3 is 28.9 Å². The molecule has 0 radical (unpaired) electrons. The van der Waals surface area contributed by atoms with Gasteiger partial charge >= 0.3 is 12.2 Å². The standard InChI is InChI=1S/C28H36FN3O5/c1-28(2,3)37-27(34)32-17-15-30(16-18-32)22-9-10-24(29)25(19-22)36-23-11-13-31(14-12-23)26(33)35-20-21-7-5-4-6-8-21/h4-10,19,23H,11-18,20H2,1-3H3. The number of halogens is 1. The molecule has 0 aliphatic carbocycles. The quantitative estimate of drug-likeness (QED) is 0.557. The van der Waals surface area contributed by atoms with E-state index < -0.39 is 11.4 Å². The minimum atomic E-state index is -0.532. The van der Waals surface area contributed by atoms with Crippen LogP contribution in [0.15, 0.2) is 48.5 Å². The molecule has 2 saturated heterocycles. The number of likely N-dealkylation sites (tertiary alicyclic amines) is 1. The van der Waals surface area contributed by atoms with Crippen LogP contribution in [-0.4, -0.2) is 73.0 Å². The van der Waals surface area contributed by atoms with Crippen molar-refractivity contribution in [3.8, 4) is 5.75 Å². The maximum atomic E-state index is 14.6. The number of carbonyl (C=O) groups is 2. The normalized spacial score (nSPS) is 16.9. The van der Waals surface area contributed by atoms with Crippen molar-refractivity contribution in [2.75, 3.05) is 44.2 Å². The molecule has 0 aromatic heterocycles. The van der Waals surface area contributed by atoms with Crippen LogP contribution in [0, 0.1) is 5.82 Å². The van der Waals surface area contributed by atoms with Gasteiger partial charge in [-0.05, 0) is 38.5 Å².